The Labute approximate surface area is 64.6 Å². The maximum Gasteiger partial charge on any atom is 0.0559 e. The third-order valence-electron chi connectivity index (χ3n) is 1.27. The molecular weight excluding hydrogens is 152 g/mol. The van der Waals surface area contributed by atoms with Gasteiger partial charge in [-0.05, 0) is 13.8 Å². The van der Waals surface area contributed by atoms with Gasteiger partial charge in [-0.1, -0.05) is 0 Å². The lowest BCUT2D eigenvalue weighted by molar-refractivity contribution is 0.301. The van der Waals surface area contributed by atoms with Crippen molar-refractivity contribution in [1.82, 2.24) is 0 Å². The number of rotatable bonds is 1. The molecule has 0 saturated carbocycles. The molecule has 0 bridgehead atoms. The molecule has 0 radical (unpaired) electrons. The van der Waals surface area contributed by atoms with Crippen molar-refractivity contribution in [1.29, 1.82) is 0 Å². The lowest BCUT2D eigenvalue weighted by Gasteiger charge is -2.14. The molecule has 0 aliphatic carbocycles. The fourth-order valence-electron chi connectivity index (χ4n) is 0.853. The van der Waals surface area contributed by atoms with E-state index in [1.54, 1.807) is 0 Å². The van der Waals surface area contributed by atoms with E-state index in [9.17, 15) is 0 Å². The Bertz CT molecular complexity index is 103. The predicted molar refractivity (Wildman–Crippen MR) is 45.0 cm³/mol. The maximum absolute atomic E-state index is 8.76. The molecule has 1 atom stereocenters. The Balaban J connectivity index is 2.38. The average Bonchev–Trinajstić information content (AvgIpc) is 2.10. The molecule has 1 aliphatic rings. The zero-order chi connectivity index (χ0) is 6.91. The van der Waals surface area contributed by atoms with Crippen molar-refractivity contribution in [3.8, 4) is 0 Å². The van der Waals surface area contributed by atoms with Crippen molar-refractivity contribution in [2.45, 2.75) is 23.2 Å². The first-order chi connectivity index (χ1) is 4.14. The van der Waals surface area contributed by atoms with Gasteiger partial charge in [-0.3, -0.25) is 0 Å². The van der Waals surface area contributed by atoms with Crippen molar-refractivity contribution in [3.05, 3.63) is 0 Å². The number of aliphatic hydroxyl groups is 1. The highest BCUT2D eigenvalue weighted by molar-refractivity contribution is 8.21. The molecule has 1 heterocycles. The minimum absolute atomic E-state index is 0.334. The highest BCUT2D eigenvalue weighted by atomic mass is 32.2. The summed E-state index contributed by atoms with van der Waals surface area (Å²) >= 11 is 3.82. The van der Waals surface area contributed by atoms with E-state index >= 15 is 0 Å². The topological polar surface area (TPSA) is 20.2 Å². The molecule has 1 nitrogen and oxygen atoms in total. The van der Waals surface area contributed by atoms with E-state index in [4.69, 9.17) is 5.11 Å². The molecule has 1 unspecified atom stereocenters. The molecule has 0 spiro atoms. The fraction of sp³-hybridized carbons (Fsp3) is 1.00. The lowest BCUT2D eigenvalue weighted by atomic mass is 10.5. The highest BCUT2D eigenvalue weighted by Gasteiger charge is 2.31. The molecule has 1 aliphatic heterocycles. The van der Waals surface area contributed by atoms with Crippen LogP contribution in [-0.4, -0.2) is 26.8 Å². The van der Waals surface area contributed by atoms with Gasteiger partial charge in [-0.25, -0.2) is 0 Å². The van der Waals surface area contributed by atoms with Crippen LogP contribution in [0.1, 0.15) is 13.8 Å². The summed E-state index contributed by atoms with van der Waals surface area (Å²) in [5.74, 6) is 1.11. The summed E-state index contributed by atoms with van der Waals surface area (Å²) in [6.07, 6.45) is 0. The molecular formula is C6H12OS2. The van der Waals surface area contributed by atoms with Crippen LogP contribution in [0.4, 0.5) is 0 Å². The van der Waals surface area contributed by atoms with Crippen LogP contribution < -0.4 is 0 Å². The molecule has 1 saturated heterocycles. The molecule has 1 rings (SSSR count). The number of thioether (sulfide) groups is 2. The van der Waals surface area contributed by atoms with Gasteiger partial charge in [0.05, 0.1) is 10.7 Å². The van der Waals surface area contributed by atoms with Gasteiger partial charge in [0.2, 0.25) is 0 Å². The average molecular weight is 164 g/mol. The van der Waals surface area contributed by atoms with Crippen LogP contribution in [0.3, 0.4) is 0 Å². The molecule has 54 valence electrons. The minimum Gasteiger partial charge on any atom is -0.395 e. The van der Waals surface area contributed by atoms with Crippen LogP contribution in [0.15, 0.2) is 0 Å². The van der Waals surface area contributed by atoms with Gasteiger partial charge >= 0.3 is 0 Å². The second-order valence-corrected chi connectivity index (χ2v) is 6.46. The molecule has 0 amide bonds. The summed E-state index contributed by atoms with van der Waals surface area (Å²) in [6.45, 7) is 4.75. The van der Waals surface area contributed by atoms with E-state index in [0.29, 0.717) is 15.9 Å². The Morgan fingerprint density at radius 2 is 2.33 bits per heavy atom. The fourth-order valence-corrected chi connectivity index (χ4v) is 3.78. The zero-order valence-electron chi connectivity index (χ0n) is 5.76. The van der Waals surface area contributed by atoms with Crippen LogP contribution in [0.5, 0.6) is 0 Å². The van der Waals surface area contributed by atoms with E-state index in [-0.39, 0.29) is 0 Å². The predicted octanol–water partition coefficient (Wildman–Crippen LogP) is 1.56. The minimum atomic E-state index is 0.334. The van der Waals surface area contributed by atoms with E-state index in [1.807, 2.05) is 23.5 Å². The number of hydrogen-bond donors (Lipinski definition) is 1. The molecule has 1 fully saturated rings. The molecule has 1 N–H and O–H groups in total. The Morgan fingerprint density at radius 3 is 2.56 bits per heavy atom. The standard InChI is InChI=1S/C6H12OS2/c1-6(2)8-4-5(3-7)9-6/h5,7H,3-4H2,1-2H3. The summed E-state index contributed by atoms with van der Waals surface area (Å²) < 4.78 is 0.341. The quantitative estimate of drug-likeness (QED) is 0.635. The Morgan fingerprint density at radius 1 is 1.67 bits per heavy atom. The van der Waals surface area contributed by atoms with E-state index in [1.165, 1.54) is 0 Å². The van der Waals surface area contributed by atoms with E-state index in [2.05, 4.69) is 13.8 Å². The van der Waals surface area contributed by atoms with E-state index in [0.717, 1.165) is 5.75 Å². The number of aliphatic hydroxyl groups excluding tert-OH is 1. The van der Waals surface area contributed by atoms with Crippen molar-refractivity contribution in [2.75, 3.05) is 12.4 Å². The smallest absolute Gasteiger partial charge is 0.0559 e. The largest absolute Gasteiger partial charge is 0.395 e. The first kappa shape index (κ1) is 7.76. The summed E-state index contributed by atoms with van der Waals surface area (Å²) in [5.41, 5.74) is 0. The monoisotopic (exact) mass is 164 g/mol. The normalized spacial score (nSPS) is 33.0. The summed E-state index contributed by atoms with van der Waals surface area (Å²) in [4.78, 5) is 0. The van der Waals surface area contributed by atoms with Crippen LogP contribution in [-0.2, 0) is 0 Å². The summed E-state index contributed by atoms with van der Waals surface area (Å²) in [7, 11) is 0. The van der Waals surface area contributed by atoms with Crippen LogP contribution in [0, 0.1) is 0 Å². The molecule has 9 heavy (non-hydrogen) atoms. The van der Waals surface area contributed by atoms with Gasteiger partial charge in [0.1, 0.15) is 0 Å². The van der Waals surface area contributed by atoms with Crippen LogP contribution in [0.2, 0.25) is 0 Å². The lowest BCUT2D eigenvalue weighted by Crippen LogP contribution is -2.08. The third-order valence-corrected chi connectivity index (χ3v) is 4.61. The van der Waals surface area contributed by atoms with E-state index < -0.39 is 0 Å². The summed E-state index contributed by atoms with van der Waals surface area (Å²) in [6, 6.07) is 0. The van der Waals surface area contributed by atoms with Crippen molar-refractivity contribution in [3.63, 3.8) is 0 Å². The van der Waals surface area contributed by atoms with Gasteiger partial charge in [0, 0.05) is 11.0 Å². The first-order valence-corrected chi connectivity index (χ1v) is 4.93. The second-order valence-electron chi connectivity index (χ2n) is 2.63. The van der Waals surface area contributed by atoms with Gasteiger partial charge in [0.15, 0.2) is 0 Å². The Hall–Kier alpha value is 0.660. The van der Waals surface area contributed by atoms with Crippen molar-refractivity contribution >= 4 is 23.5 Å². The van der Waals surface area contributed by atoms with Crippen LogP contribution in [0.25, 0.3) is 0 Å². The molecule has 3 heteroatoms. The molecule has 0 aromatic heterocycles. The van der Waals surface area contributed by atoms with Gasteiger partial charge in [-0.15, -0.1) is 23.5 Å². The van der Waals surface area contributed by atoms with Gasteiger partial charge in [-0.2, -0.15) is 0 Å². The SMILES string of the molecule is CC1(C)SCC(CO)S1. The second kappa shape index (κ2) is 2.72. The first-order valence-electron chi connectivity index (χ1n) is 3.07. The van der Waals surface area contributed by atoms with Gasteiger partial charge < -0.3 is 5.11 Å². The maximum atomic E-state index is 8.76. The highest BCUT2D eigenvalue weighted by Crippen LogP contribution is 2.46. The van der Waals surface area contributed by atoms with Gasteiger partial charge in [0.25, 0.3) is 0 Å². The molecule has 0 aromatic rings. The van der Waals surface area contributed by atoms with Crippen molar-refractivity contribution < 1.29 is 5.11 Å². The van der Waals surface area contributed by atoms with Crippen molar-refractivity contribution in [2.24, 2.45) is 0 Å². The third kappa shape index (κ3) is 2.06. The number of hydrogen-bond acceptors (Lipinski definition) is 3. The zero-order valence-corrected chi connectivity index (χ0v) is 7.39. The Kier molecular flexibility index (Phi) is 2.35. The molecule has 0 aromatic carbocycles. The summed E-state index contributed by atoms with van der Waals surface area (Å²) in [5, 5.41) is 9.24. The van der Waals surface area contributed by atoms with Crippen LogP contribution >= 0.6 is 23.5 Å².